The van der Waals surface area contributed by atoms with Gasteiger partial charge in [-0.05, 0) is 78.1 Å². The minimum absolute atomic E-state index is 0.103. The SMILES string of the molecule is Cc1cc2c(cnn2-c2ccc(F)cc2)cc1[C@]12CN(S(=O)(=O)c3cnn(C)c3)C[C@H]1[C@@H]2c1cccc(Cl)c1. The Morgan fingerprint density at radius 3 is 2.56 bits per heavy atom. The van der Waals surface area contributed by atoms with Gasteiger partial charge in [-0.2, -0.15) is 14.5 Å². The van der Waals surface area contributed by atoms with E-state index < -0.39 is 15.4 Å². The molecule has 39 heavy (non-hydrogen) atoms. The van der Waals surface area contributed by atoms with E-state index in [9.17, 15) is 12.8 Å². The summed E-state index contributed by atoms with van der Waals surface area (Å²) in [6, 6.07) is 18.4. The molecule has 0 amide bonds. The van der Waals surface area contributed by atoms with Crippen molar-refractivity contribution in [1.82, 2.24) is 23.9 Å². The fourth-order valence-corrected chi connectivity index (χ4v) is 8.30. The van der Waals surface area contributed by atoms with Gasteiger partial charge in [-0.15, -0.1) is 0 Å². The van der Waals surface area contributed by atoms with Crippen LogP contribution in [0.15, 0.2) is 84.1 Å². The number of hydrogen-bond acceptors (Lipinski definition) is 4. The maximum atomic E-state index is 13.6. The van der Waals surface area contributed by atoms with E-state index in [2.05, 4.69) is 35.3 Å². The number of halogens is 2. The van der Waals surface area contributed by atoms with Crippen LogP contribution in [0.5, 0.6) is 0 Å². The van der Waals surface area contributed by atoms with Crippen molar-refractivity contribution in [2.24, 2.45) is 13.0 Å². The van der Waals surface area contributed by atoms with Crippen molar-refractivity contribution in [3.05, 3.63) is 107 Å². The molecule has 198 valence electrons. The Kier molecular flexibility index (Phi) is 5.33. The van der Waals surface area contributed by atoms with Crippen LogP contribution in [0.2, 0.25) is 5.02 Å². The lowest BCUT2D eigenvalue weighted by Crippen LogP contribution is -2.34. The molecule has 1 aliphatic heterocycles. The molecule has 0 unspecified atom stereocenters. The Labute approximate surface area is 230 Å². The van der Waals surface area contributed by atoms with Gasteiger partial charge in [-0.1, -0.05) is 23.7 Å². The van der Waals surface area contributed by atoms with Crippen molar-refractivity contribution in [3.63, 3.8) is 0 Å². The van der Waals surface area contributed by atoms with Gasteiger partial charge < -0.3 is 0 Å². The molecule has 5 aromatic rings. The van der Waals surface area contributed by atoms with E-state index in [4.69, 9.17) is 11.6 Å². The highest BCUT2D eigenvalue weighted by Crippen LogP contribution is 2.70. The Morgan fingerprint density at radius 2 is 1.85 bits per heavy atom. The van der Waals surface area contributed by atoms with Crippen molar-refractivity contribution in [3.8, 4) is 5.69 Å². The van der Waals surface area contributed by atoms with Crippen LogP contribution < -0.4 is 0 Å². The largest absolute Gasteiger partial charge is 0.274 e. The molecule has 10 heteroatoms. The normalized spacial score (nSPS) is 22.9. The standard InChI is InChI=1S/C29H25ClFN5O2S/c1-18-10-27-20(13-33-36(27)23-8-6-22(31)7-9-23)12-25(18)29-17-35(39(37,38)24-14-32-34(2)15-24)16-26(29)28(29)19-4-3-5-21(30)11-19/h3-15,26,28H,16-17H2,1-2H3/t26-,28-,29+/m0/s1. The topological polar surface area (TPSA) is 73.0 Å². The van der Waals surface area contributed by atoms with E-state index in [0.717, 1.165) is 33.3 Å². The molecule has 0 N–H and O–H groups in total. The first-order valence-corrected chi connectivity index (χ1v) is 14.5. The highest BCUT2D eigenvalue weighted by molar-refractivity contribution is 7.89. The number of benzene rings is 3. The van der Waals surface area contributed by atoms with E-state index in [1.165, 1.54) is 23.0 Å². The van der Waals surface area contributed by atoms with Crippen molar-refractivity contribution >= 4 is 32.5 Å². The fourth-order valence-electron chi connectivity index (χ4n) is 6.59. The predicted octanol–water partition coefficient (Wildman–Crippen LogP) is 5.22. The Bertz CT molecular complexity index is 1870. The minimum atomic E-state index is -3.69. The zero-order chi connectivity index (χ0) is 27.1. The van der Waals surface area contributed by atoms with Gasteiger partial charge in [0.1, 0.15) is 10.7 Å². The summed E-state index contributed by atoms with van der Waals surface area (Å²) in [5.41, 5.74) is 4.58. The molecule has 0 radical (unpaired) electrons. The molecular weight excluding hydrogens is 537 g/mol. The zero-order valence-electron chi connectivity index (χ0n) is 21.3. The summed E-state index contributed by atoms with van der Waals surface area (Å²) in [5, 5.41) is 10.3. The number of piperidine rings is 1. The molecule has 7 nitrogen and oxygen atoms in total. The molecule has 3 atom stereocenters. The molecule has 1 saturated heterocycles. The van der Waals surface area contributed by atoms with Crippen LogP contribution >= 0.6 is 11.6 Å². The second-order valence-electron chi connectivity index (χ2n) is 10.6. The number of fused-ring (bicyclic) bond motifs is 2. The lowest BCUT2D eigenvalue weighted by atomic mass is 9.87. The maximum Gasteiger partial charge on any atom is 0.246 e. The summed E-state index contributed by atoms with van der Waals surface area (Å²) in [6.45, 7) is 2.85. The van der Waals surface area contributed by atoms with Crippen molar-refractivity contribution < 1.29 is 12.8 Å². The van der Waals surface area contributed by atoms with Gasteiger partial charge in [-0.25, -0.2) is 17.5 Å². The second kappa shape index (κ2) is 8.48. The molecule has 2 aliphatic rings. The highest BCUT2D eigenvalue weighted by Gasteiger charge is 2.71. The quantitative estimate of drug-likeness (QED) is 0.295. The van der Waals surface area contributed by atoms with Crippen LogP contribution in [-0.2, 0) is 22.5 Å². The van der Waals surface area contributed by atoms with E-state index >= 15 is 0 Å². The van der Waals surface area contributed by atoms with Crippen LogP contribution in [0, 0.1) is 18.7 Å². The smallest absolute Gasteiger partial charge is 0.246 e. The van der Waals surface area contributed by atoms with Crippen LogP contribution in [0.3, 0.4) is 0 Å². The van der Waals surface area contributed by atoms with Crippen molar-refractivity contribution in [2.75, 3.05) is 13.1 Å². The first kappa shape index (κ1) is 24.5. The molecule has 2 aromatic heterocycles. The average molecular weight is 562 g/mol. The van der Waals surface area contributed by atoms with Gasteiger partial charge >= 0.3 is 0 Å². The predicted molar refractivity (Wildman–Crippen MR) is 147 cm³/mol. The van der Waals surface area contributed by atoms with E-state index in [0.29, 0.717) is 18.1 Å². The van der Waals surface area contributed by atoms with Gasteiger partial charge in [0.05, 0.1) is 23.6 Å². The molecule has 1 saturated carbocycles. The monoisotopic (exact) mass is 561 g/mol. The van der Waals surface area contributed by atoms with Crippen LogP contribution in [0.1, 0.15) is 22.6 Å². The van der Waals surface area contributed by atoms with E-state index in [1.54, 1.807) is 34.4 Å². The second-order valence-corrected chi connectivity index (χ2v) is 13.0. The number of sulfonamides is 1. The first-order chi connectivity index (χ1) is 18.7. The van der Waals surface area contributed by atoms with Crippen molar-refractivity contribution in [1.29, 1.82) is 0 Å². The summed E-state index contributed by atoms with van der Waals surface area (Å²) in [4.78, 5) is 0.202. The van der Waals surface area contributed by atoms with Crippen LogP contribution in [-0.4, -0.2) is 45.4 Å². The van der Waals surface area contributed by atoms with Gasteiger partial charge in [0.15, 0.2) is 0 Å². The van der Waals surface area contributed by atoms with Gasteiger partial charge in [0.25, 0.3) is 0 Å². The zero-order valence-corrected chi connectivity index (χ0v) is 22.9. The Hall–Kier alpha value is -3.53. The third-order valence-corrected chi connectivity index (χ3v) is 10.4. The number of hydrogen-bond donors (Lipinski definition) is 0. The molecule has 3 heterocycles. The van der Waals surface area contributed by atoms with Gasteiger partial charge in [0, 0.05) is 48.1 Å². The molecule has 2 fully saturated rings. The highest BCUT2D eigenvalue weighted by atomic mass is 35.5. The molecule has 0 spiro atoms. The summed E-state index contributed by atoms with van der Waals surface area (Å²) in [7, 11) is -1.98. The first-order valence-electron chi connectivity index (χ1n) is 12.7. The third kappa shape index (κ3) is 3.67. The number of aryl methyl sites for hydroxylation is 2. The number of rotatable bonds is 5. The lowest BCUT2D eigenvalue weighted by molar-refractivity contribution is 0.421. The van der Waals surface area contributed by atoms with Gasteiger partial charge in [-0.3, -0.25) is 4.68 Å². The lowest BCUT2D eigenvalue weighted by Gasteiger charge is -2.25. The van der Waals surface area contributed by atoms with Crippen LogP contribution in [0.4, 0.5) is 4.39 Å². The summed E-state index contributed by atoms with van der Waals surface area (Å²) in [5.74, 6) is -0.0582. The maximum absolute atomic E-state index is 13.6. The number of nitrogens with zero attached hydrogens (tertiary/aromatic N) is 5. The summed E-state index contributed by atoms with van der Waals surface area (Å²) >= 11 is 6.38. The summed E-state index contributed by atoms with van der Waals surface area (Å²) in [6.07, 6.45) is 4.76. The average Bonchev–Trinajstić information content (AvgIpc) is 3.33. The Balaban J connectivity index is 1.34. The van der Waals surface area contributed by atoms with E-state index in [1.807, 2.05) is 24.4 Å². The molecule has 0 bridgehead atoms. The van der Waals surface area contributed by atoms with Crippen molar-refractivity contribution in [2.45, 2.75) is 23.2 Å². The fraction of sp³-hybridized carbons (Fsp3) is 0.241. The summed E-state index contributed by atoms with van der Waals surface area (Å²) < 4.78 is 45.6. The Morgan fingerprint density at radius 1 is 1.05 bits per heavy atom. The molecule has 7 rings (SSSR count). The number of aromatic nitrogens is 4. The molecule has 1 aliphatic carbocycles. The van der Waals surface area contributed by atoms with E-state index in [-0.39, 0.29) is 22.5 Å². The van der Waals surface area contributed by atoms with Gasteiger partial charge in [0.2, 0.25) is 10.0 Å². The molecule has 3 aromatic carbocycles. The third-order valence-electron chi connectivity index (χ3n) is 8.36. The molecular formula is C29H25ClFN5O2S. The van der Waals surface area contributed by atoms with Crippen LogP contribution in [0.25, 0.3) is 16.6 Å². The minimum Gasteiger partial charge on any atom is -0.274 e.